The smallest absolute Gasteiger partial charge is 0.433 e. The zero-order valence-corrected chi connectivity index (χ0v) is 14.8. The van der Waals surface area contributed by atoms with E-state index in [1.807, 2.05) is 0 Å². The number of hydrogen-bond acceptors (Lipinski definition) is 5. The van der Waals surface area contributed by atoms with Crippen LogP contribution < -0.4 is 10.2 Å². The van der Waals surface area contributed by atoms with Crippen LogP contribution in [0.2, 0.25) is 0 Å². The second kappa shape index (κ2) is 7.05. The molecule has 0 atom stereocenters. The first-order chi connectivity index (χ1) is 11.4. The summed E-state index contributed by atoms with van der Waals surface area (Å²) in [5.41, 5.74) is -1.51. The Hall–Kier alpha value is -2.06. The highest BCUT2D eigenvalue weighted by molar-refractivity contribution is 5.68. The van der Waals surface area contributed by atoms with Crippen LogP contribution in [0.5, 0.6) is 0 Å². The van der Waals surface area contributed by atoms with Crippen molar-refractivity contribution in [3.8, 4) is 0 Å². The Morgan fingerprint density at radius 2 is 1.84 bits per heavy atom. The lowest BCUT2D eigenvalue weighted by Gasteiger charge is -2.33. The van der Waals surface area contributed by atoms with Crippen molar-refractivity contribution in [3.05, 3.63) is 17.6 Å². The highest BCUT2D eigenvalue weighted by Crippen LogP contribution is 2.30. The molecule has 25 heavy (non-hydrogen) atoms. The van der Waals surface area contributed by atoms with E-state index in [4.69, 9.17) is 4.74 Å². The normalized spacial score (nSPS) is 16.7. The topological polar surface area (TPSA) is 67.4 Å². The molecule has 0 unspecified atom stereocenters. The van der Waals surface area contributed by atoms with Gasteiger partial charge in [-0.3, -0.25) is 0 Å². The van der Waals surface area contributed by atoms with E-state index in [0.717, 1.165) is 6.07 Å². The molecule has 2 rings (SSSR count). The van der Waals surface area contributed by atoms with E-state index < -0.39 is 23.6 Å². The maximum absolute atomic E-state index is 12.9. The molecule has 1 aliphatic heterocycles. The average molecular weight is 360 g/mol. The number of nitrogens with one attached hydrogen (secondary N) is 1. The van der Waals surface area contributed by atoms with Crippen molar-refractivity contribution in [1.29, 1.82) is 0 Å². The number of halogens is 3. The lowest BCUT2D eigenvalue weighted by atomic mass is 10.1. The van der Waals surface area contributed by atoms with Gasteiger partial charge in [0.2, 0.25) is 0 Å². The van der Waals surface area contributed by atoms with Crippen molar-refractivity contribution in [3.63, 3.8) is 0 Å². The highest BCUT2D eigenvalue weighted by atomic mass is 19.4. The molecule has 0 aliphatic carbocycles. The molecule has 0 radical (unpaired) electrons. The molecule has 1 fully saturated rings. The predicted octanol–water partition coefficient (Wildman–Crippen LogP) is 3.30. The Morgan fingerprint density at radius 3 is 2.36 bits per heavy atom. The zero-order valence-electron chi connectivity index (χ0n) is 14.8. The van der Waals surface area contributed by atoms with Crippen LogP contribution in [0.4, 0.5) is 23.8 Å². The minimum absolute atomic E-state index is 0.0730. The van der Waals surface area contributed by atoms with E-state index >= 15 is 0 Å². The lowest BCUT2D eigenvalue weighted by molar-refractivity contribution is -0.141. The van der Waals surface area contributed by atoms with Crippen LogP contribution >= 0.6 is 0 Å². The summed E-state index contributed by atoms with van der Waals surface area (Å²) < 4.78 is 43.9. The summed E-state index contributed by atoms with van der Waals surface area (Å²) in [7, 11) is 0. The van der Waals surface area contributed by atoms with Gasteiger partial charge in [-0.25, -0.2) is 14.8 Å². The molecule has 1 amide bonds. The summed E-state index contributed by atoms with van der Waals surface area (Å²) >= 11 is 0. The number of amides is 1. The van der Waals surface area contributed by atoms with E-state index in [-0.39, 0.29) is 17.7 Å². The highest BCUT2D eigenvalue weighted by Gasteiger charge is 2.34. The van der Waals surface area contributed by atoms with Gasteiger partial charge < -0.3 is 15.0 Å². The Labute approximate surface area is 144 Å². The number of alkyl carbamates (subject to hydrolysis) is 1. The minimum atomic E-state index is -4.50. The SMILES string of the molecule is Cc1nc(N2CCC(NC(=O)OC(C)(C)C)CC2)cc(C(F)(F)F)n1. The van der Waals surface area contributed by atoms with E-state index in [2.05, 4.69) is 15.3 Å². The largest absolute Gasteiger partial charge is 0.444 e. The molecule has 1 aliphatic rings. The number of carbonyl (C=O) groups is 1. The van der Waals surface area contributed by atoms with Crippen molar-refractivity contribution in [1.82, 2.24) is 15.3 Å². The van der Waals surface area contributed by atoms with Crippen LogP contribution in [0.15, 0.2) is 6.07 Å². The number of anilines is 1. The molecule has 0 aromatic carbocycles. The second-order valence-electron chi connectivity index (χ2n) is 7.06. The number of rotatable bonds is 2. The summed E-state index contributed by atoms with van der Waals surface area (Å²) in [4.78, 5) is 21.1. The fraction of sp³-hybridized carbons (Fsp3) is 0.688. The molecule has 2 heterocycles. The Balaban J connectivity index is 1.96. The zero-order chi connectivity index (χ0) is 18.8. The minimum Gasteiger partial charge on any atom is -0.444 e. The molecule has 6 nitrogen and oxygen atoms in total. The molecule has 0 spiro atoms. The molecule has 9 heteroatoms. The van der Waals surface area contributed by atoms with Gasteiger partial charge in [0.1, 0.15) is 22.9 Å². The molecule has 1 N–H and O–H groups in total. The van der Waals surface area contributed by atoms with Crippen molar-refractivity contribution in [2.45, 2.75) is 58.4 Å². The van der Waals surface area contributed by atoms with E-state index in [9.17, 15) is 18.0 Å². The fourth-order valence-electron chi connectivity index (χ4n) is 2.59. The molecular formula is C16H23F3N4O2. The number of hydrogen-bond donors (Lipinski definition) is 1. The van der Waals surface area contributed by atoms with Crippen LogP contribution in [0.1, 0.15) is 45.1 Å². The Morgan fingerprint density at radius 1 is 1.24 bits per heavy atom. The summed E-state index contributed by atoms with van der Waals surface area (Å²) in [6.45, 7) is 7.78. The number of piperidine rings is 1. The number of alkyl halides is 3. The van der Waals surface area contributed by atoms with Crippen LogP contribution in [0, 0.1) is 6.92 Å². The number of carbonyl (C=O) groups excluding carboxylic acids is 1. The number of nitrogens with zero attached hydrogens (tertiary/aromatic N) is 3. The third-order valence-electron chi connectivity index (χ3n) is 3.65. The maximum atomic E-state index is 12.9. The molecule has 1 aromatic heterocycles. The van der Waals surface area contributed by atoms with E-state index in [1.54, 1.807) is 25.7 Å². The van der Waals surface area contributed by atoms with Gasteiger partial charge >= 0.3 is 12.3 Å². The van der Waals surface area contributed by atoms with Gasteiger partial charge in [-0.15, -0.1) is 0 Å². The van der Waals surface area contributed by atoms with Crippen molar-refractivity contribution < 1.29 is 22.7 Å². The summed E-state index contributed by atoms with van der Waals surface area (Å²) in [5, 5.41) is 2.79. The molecule has 0 saturated carbocycles. The Kier molecular flexibility index (Phi) is 5.43. The van der Waals surface area contributed by atoms with Crippen LogP contribution in [0.3, 0.4) is 0 Å². The van der Waals surface area contributed by atoms with Crippen molar-refractivity contribution in [2.24, 2.45) is 0 Å². The standard InChI is InChI=1S/C16H23F3N4O2/c1-10-20-12(16(17,18)19)9-13(21-10)23-7-5-11(6-8-23)22-14(24)25-15(2,3)4/h9,11H,5-8H2,1-4H3,(H,22,24). The first kappa shape index (κ1) is 19.3. The third-order valence-corrected chi connectivity index (χ3v) is 3.65. The van der Waals surface area contributed by atoms with Crippen LogP contribution in [0.25, 0.3) is 0 Å². The average Bonchev–Trinajstić information content (AvgIpc) is 2.44. The van der Waals surface area contributed by atoms with E-state index in [0.29, 0.717) is 25.9 Å². The van der Waals surface area contributed by atoms with Gasteiger partial charge in [0.05, 0.1) is 0 Å². The first-order valence-corrected chi connectivity index (χ1v) is 8.11. The molecule has 140 valence electrons. The first-order valence-electron chi connectivity index (χ1n) is 8.11. The second-order valence-corrected chi connectivity index (χ2v) is 7.06. The maximum Gasteiger partial charge on any atom is 0.433 e. The molecule has 0 bridgehead atoms. The number of ether oxygens (including phenoxy) is 1. The number of aryl methyl sites for hydroxylation is 1. The van der Waals surface area contributed by atoms with Gasteiger partial charge in [0.15, 0.2) is 0 Å². The third kappa shape index (κ3) is 5.75. The quantitative estimate of drug-likeness (QED) is 0.877. The summed E-state index contributed by atoms with van der Waals surface area (Å²) in [5.74, 6) is 0.342. The molecular weight excluding hydrogens is 337 g/mol. The monoisotopic (exact) mass is 360 g/mol. The molecule has 1 aromatic rings. The van der Waals surface area contributed by atoms with Gasteiger partial charge in [-0.05, 0) is 40.5 Å². The summed E-state index contributed by atoms with van der Waals surface area (Å²) in [6.07, 6.45) is -3.78. The van der Waals surface area contributed by atoms with Gasteiger partial charge in [-0.1, -0.05) is 0 Å². The Bertz CT molecular complexity index is 621. The molecule has 1 saturated heterocycles. The lowest BCUT2D eigenvalue weighted by Crippen LogP contribution is -2.46. The fourth-order valence-corrected chi connectivity index (χ4v) is 2.59. The van der Waals surface area contributed by atoms with Crippen molar-refractivity contribution in [2.75, 3.05) is 18.0 Å². The predicted molar refractivity (Wildman–Crippen MR) is 86.4 cm³/mol. The van der Waals surface area contributed by atoms with Gasteiger partial charge in [-0.2, -0.15) is 13.2 Å². The van der Waals surface area contributed by atoms with Gasteiger partial charge in [0, 0.05) is 25.2 Å². The van der Waals surface area contributed by atoms with Crippen molar-refractivity contribution >= 4 is 11.9 Å². The van der Waals surface area contributed by atoms with Crippen LogP contribution in [-0.2, 0) is 10.9 Å². The van der Waals surface area contributed by atoms with Crippen LogP contribution in [-0.4, -0.2) is 40.8 Å². The van der Waals surface area contributed by atoms with Gasteiger partial charge in [0.25, 0.3) is 0 Å². The van der Waals surface area contributed by atoms with E-state index in [1.165, 1.54) is 6.92 Å². The summed E-state index contributed by atoms with van der Waals surface area (Å²) in [6, 6.07) is 0.894. The number of aromatic nitrogens is 2.